The molecular weight excluding hydrogens is 212 g/mol. The highest BCUT2D eigenvalue weighted by atomic mass is 16.1. The van der Waals surface area contributed by atoms with Gasteiger partial charge in [-0.15, -0.1) is 0 Å². The van der Waals surface area contributed by atoms with Crippen LogP contribution in [0, 0.1) is 0 Å². The van der Waals surface area contributed by atoms with E-state index in [1.165, 1.54) is 0 Å². The molecule has 0 saturated heterocycles. The van der Waals surface area contributed by atoms with Crippen LogP contribution >= 0.6 is 0 Å². The molecule has 0 atom stereocenters. The van der Waals surface area contributed by atoms with E-state index in [1.807, 2.05) is 30.5 Å². The number of carbonyl (C=O) groups excluding carboxylic acids is 1. The predicted octanol–water partition coefficient (Wildman–Crippen LogP) is 2.98. The van der Waals surface area contributed by atoms with Gasteiger partial charge in [-0.05, 0) is 24.3 Å². The van der Waals surface area contributed by atoms with E-state index in [0.717, 1.165) is 17.8 Å². The molecule has 0 amide bonds. The lowest BCUT2D eigenvalue weighted by molar-refractivity contribution is 0.112. The van der Waals surface area contributed by atoms with Crippen LogP contribution < -0.4 is 0 Å². The molecule has 0 aliphatic rings. The van der Waals surface area contributed by atoms with Gasteiger partial charge >= 0.3 is 0 Å². The Morgan fingerprint density at radius 2 is 1.82 bits per heavy atom. The van der Waals surface area contributed by atoms with Gasteiger partial charge in [-0.3, -0.25) is 4.79 Å². The largest absolute Gasteiger partial charge is 0.303 e. The number of aromatic nitrogens is 2. The molecule has 2 aromatic rings. The molecule has 0 unspecified atom stereocenters. The van der Waals surface area contributed by atoms with Crippen molar-refractivity contribution in [2.75, 3.05) is 0 Å². The van der Waals surface area contributed by atoms with Gasteiger partial charge in [0.2, 0.25) is 0 Å². The van der Waals surface area contributed by atoms with Crippen molar-refractivity contribution in [3.63, 3.8) is 0 Å². The second kappa shape index (κ2) is 4.17. The fraction of sp³-hybridized carbons (Fsp3) is 0.286. The summed E-state index contributed by atoms with van der Waals surface area (Å²) in [5.74, 6) is 1.01. The lowest BCUT2D eigenvalue weighted by Crippen LogP contribution is -2.17. The van der Waals surface area contributed by atoms with E-state index in [9.17, 15) is 4.79 Å². The SMILES string of the molecule is CC(C)(C)c1nccn1-c1ccc(C=O)cc1. The lowest BCUT2D eigenvalue weighted by atomic mass is 9.95. The molecule has 1 heterocycles. The first-order chi connectivity index (χ1) is 8.02. The monoisotopic (exact) mass is 228 g/mol. The maximum atomic E-state index is 10.6. The Morgan fingerprint density at radius 1 is 1.18 bits per heavy atom. The van der Waals surface area contributed by atoms with Gasteiger partial charge in [0.05, 0.1) is 0 Å². The molecule has 0 bridgehead atoms. The molecule has 1 aromatic heterocycles. The van der Waals surface area contributed by atoms with E-state index in [1.54, 1.807) is 6.20 Å². The maximum absolute atomic E-state index is 10.6. The molecule has 3 heteroatoms. The van der Waals surface area contributed by atoms with Gasteiger partial charge in [0, 0.05) is 29.1 Å². The summed E-state index contributed by atoms with van der Waals surface area (Å²) in [4.78, 5) is 15.0. The van der Waals surface area contributed by atoms with Crippen LogP contribution in [0.15, 0.2) is 36.7 Å². The number of rotatable bonds is 2. The molecule has 0 N–H and O–H groups in total. The molecule has 2 rings (SSSR count). The van der Waals surface area contributed by atoms with E-state index >= 15 is 0 Å². The van der Waals surface area contributed by atoms with Crippen molar-refractivity contribution in [2.45, 2.75) is 26.2 Å². The van der Waals surface area contributed by atoms with E-state index in [2.05, 4.69) is 30.3 Å². The van der Waals surface area contributed by atoms with E-state index < -0.39 is 0 Å². The first-order valence-corrected chi connectivity index (χ1v) is 5.62. The minimum atomic E-state index is -0.00711. The minimum absolute atomic E-state index is 0.00711. The summed E-state index contributed by atoms with van der Waals surface area (Å²) in [6.45, 7) is 6.39. The summed E-state index contributed by atoms with van der Waals surface area (Å²) < 4.78 is 2.05. The average molecular weight is 228 g/mol. The summed E-state index contributed by atoms with van der Waals surface area (Å²) in [7, 11) is 0. The predicted molar refractivity (Wildman–Crippen MR) is 67.7 cm³/mol. The Morgan fingerprint density at radius 3 is 2.35 bits per heavy atom. The third-order valence-electron chi connectivity index (χ3n) is 2.62. The van der Waals surface area contributed by atoms with E-state index in [0.29, 0.717) is 5.56 Å². The molecule has 0 saturated carbocycles. The highest BCUT2D eigenvalue weighted by Crippen LogP contribution is 2.23. The Hall–Kier alpha value is -1.90. The Balaban J connectivity index is 2.46. The average Bonchev–Trinajstić information content (AvgIpc) is 2.78. The number of aldehydes is 1. The van der Waals surface area contributed by atoms with Crippen molar-refractivity contribution in [1.82, 2.24) is 9.55 Å². The van der Waals surface area contributed by atoms with Crippen LogP contribution in [0.5, 0.6) is 0 Å². The topological polar surface area (TPSA) is 34.9 Å². The quantitative estimate of drug-likeness (QED) is 0.741. The van der Waals surface area contributed by atoms with Crippen LogP contribution in [-0.2, 0) is 5.41 Å². The molecule has 0 aliphatic heterocycles. The number of imidazole rings is 1. The van der Waals surface area contributed by atoms with Gasteiger partial charge in [-0.25, -0.2) is 4.98 Å². The standard InChI is InChI=1S/C14H16N2O/c1-14(2,3)13-15-8-9-16(13)12-6-4-11(10-17)5-7-12/h4-10H,1-3H3. The molecule has 0 spiro atoms. The lowest BCUT2D eigenvalue weighted by Gasteiger charge is -2.19. The number of carbonyl (C=O) groups is 1. The van der Waals surface area contributed by atoms with Gasteiger partial charge in [-0.2, -0.15) is 0 Å². The minimum Gasteiger partial charge on any atom is -0.303 e. The second-order valence-electron chi connectivity index (χ2n) is 5.08. The molecule has 0 aliphatic carbocycles. The fourth-order valence-corrected chi connectivity index (χ4v) is 1.78. The van der Waals surface area contributed by atoms with Crippen LogP contribution in [0.1, 0.15) is 37.0 Å². The maximum Gasteiger partial charge on any atom is 0.150 e. The zero-order valence-corrected chi connectivity index (χ0v) is 10.3. The normalized spacial score (nSPS) is 11.5. The van der Waals surface area contributed by atoms with Crippen molar-refractivity contribution < 1.29 is 4.79 Å². The van der Waals surface area contributed by atoms with Gasteiger partial charge in [0.15, 0.2) is 0 Å². The zero-order chi connectivity index (χ0) is 12.5. The van der Waals surface area contributed by atoms with Crippen molar-refractivity contribution >= 4 is 6.29 Å². The van der Waals surface area contributed by atoms with Crippen LogP contribution in [0.3, 0.4) is 0 Å². The number of hydrogen-bond donors (Lipinski definition) is 0. The third kappa shape index (κ3) is 2.28. The highest BCUT2D eigenvalue weighted by molar-refractivity contribution is 5.75. The van der Waals surface area contributed by atoms with Gasteiger partial charge in [-0.1, -0.05) is 20.8 Å². The van der Waals surface area contributed by atoms with Gasteiger partial charge in [0.1, 0.15) is 12.1 Å². The summed E-state index contributed by atoms with van der Waals surface area (Å²) in [6.07, 6.45) is 4.59. The summed E-state index contributed by atoms with van der Waals surface area (Å²) in [5.41, 5.74) is 1.71. The fourth-order valence-electron chi connectivity index (χ4n) is 1.78. The van der Waals surface area contributed by atoms with Crippen LogP contribution in [0.2, 0.25) is 0 Å². The summed E-state index contributed by atoms with van der Waals surface area (Å²) in [5, 5.41) is 0. The van der Waals surface area contributed by atoms with Crippen molar-refractivity contribution in [3.05, 3.63) is 48.0 Å². The number of benzene rings is 1. The van der Waals surface area contributed by atoms with Crippen LogP contribution in [0.25, 0.3) is 5.69 Å². The smallest absolute Gasteiger partial charge is 0.150 e. The van der Waals surface area contributed by atoms with Gasteiger partial charge < -0.3 is 4.57 Å². The van der Waals surface area contributed by atoms with Crippen LogP contribution in [0.4, 0.5) is 0 Å². The second-order valence-corrected chi connectivity index (χ2v) is 5.08. The third-order valence-corrected chi connectivity index (χ3v) is 2.62. The molecule has 1 aromatic carbocycles. The summed E-state index contributed by atoms with van der Waals surface area (Å²) >= 11 is 0. The molecular formula is C14H16N2O. The summed E-state index contributed by atoms with van der Waals surface area (Å²) in [6, 6.07) is 7.49. The van der Waals surface area contributed by atoms with Crippen molar-refractivity contribution in [1.29, 1.82) is 0 Å². The Labute approximate surface area is 101 Å². The molecule has 0 fully saturated rings. The molecule has 0 radical (unpaired) electrons. The Bertz CT molecular complexity index is 518. The van der Waals surface area contributed by atoms with Crippen molar-refractivity contribution in [2.24, 2.45) is 0 Å². The van der Waals surface area contributed by atoms with Gasteiger partial charge in [0.25, 0.3) is 0 Å². The number of nitrogens with zero attached hydrogens (tertiary/aromatic N) is 2. The van der Waals surface area contributed by atoms with E-state index in [4.69, 9.17) is 0 Å². The molecule has 17 heavy (non-hydrogen) atoms. The first-order valence-electron chi connectivity index (χ1n) is 5.62. The number of hydrogen-bond acceptors (Lipinski definition) is 2. The molecule has 3 nitrogen and oxygen atoms in total. The van der Waals surface area contributed by atoms with Crippen LogP contribution in [-0.4, -0.2) is 15.8 Å². The van der Waals surface area contributed by atoms with E-state index in [-0.39, 0.29) is 5.41 Å². The van der Waals surface area contributed by atoms with Crippen molar-refractivity contribution in [3.8, 4) is 5.69 Å². The Kier molecular flexibility index (Phi) is 2.84. The zero-order valence-electron chi connectivity index (χ0n) is 10.3. The first kappa shape index (κ1) is 11.6. The molecule has 88 valence electrons. The highest BCUT2D eigenvalue weighted by Gasteiger charge is 2.20.